The number of carbonyl (C=O) groups is 2. The number of rotatable bonds is 6. The lowest BCUT2D eigenvalue weighted by atomic mass is 10.0. The number of amides is 1. The van der Waals surface area contributed by atoms with E-state index in [1.807, 2.05) is 6.07 Å². The molecule has 1 heterocycles. The number of anilines is 1. The number of ether oxygens (including phenoxy) is 1. The molecule has 7 nitrogen and oxygen atoms in total. The molecule has 124 valence electrons. The number of para-hydroxylation sites is 1. The Labute approximate surface area is 144 Å². The third-order valence-electron chi connectivity index (χ3n) is 3.30. The first kappa shape index (κ1) is 17.6. The fourth-order valence-corrected chi connectivity index (χ4v) is 2.03. The largest absolute Gasteiger partial charge is 0.482 e. The fraction of sp³-hybridized carbons (Fsp3) is 0.167. The first-order valence-electron chi connectivity index (χ1n) is 7.38. The van der Waals surface area contributed by atoms with Gasteiger partial charge < -0.3 is 10.1 Å². The zero-order valence-corrected chi connectivity index (χ0v) is 13.3. The predicted molar refractivity (Wildman–Crippen MR) is 88.2 cm³/mol. The second kappa shape index (κ2) is 8.23. The van der Waals surface area contributed by atoms with Crippen molar-refractivity contribution in [1.82, 2.24) is 4.98 Å². The summed E-state index contributed by atoms with van der Waals surface area (Å²) in [5.74, 6) is -2.58. The van der Waals surface area contributed by atoms with Crippen LogP contribution in [0.3, 0.4) is 0 Å². The van der Waals surface area contributed by atoms with Gasteiger partial charge in [0.15, 0.2) is 17.8 Å². The topological polar surface area (TPSA) is 116 Å². The van der Waals surface area contributed by atoms with Crippen LogP contribution in [0.4, 0.5) is 5.82 Å². The number of benzene rings is 1. The highest BCUT2D eigenvalue weighted by Crippen LogP contribution is 2.19. The summed E-state index contributed by atoms with van der Waals surface area (Å²) in [6, 6.07) is 14.9. The van der Waals surface area contributed by atoms with Crippen molar-refractivity contribution in [2.24, 2.45) is 5.92 Å². The zero-order chi connectivity index (χ0) is 18.2. The molecule has 1 amide bonds. The normalized spacial score (nSPS) is 12.1. The van der Waals surface area contributed by atoms with Crippen LogP contribution in [-0.2, 0) is 9.59 Å². The Morgan fingerprint density at radius 1 is 1.16 bits per heavy atom. The number of Topliss-reactive ketones (excluding diaryl/α,β-unsaturated/α-hetero) is 1. The first-order chi connectivity index (χ1) is 12.1. The highest BCUT2D eigenvalue weighted by molar-refractivity contribution is 6.10. The highest BCUT2D eigenvalue weighted by atomic mass is 16.5. The molecule has 0 aliphatic carbocycles. The molecule has 0 fully saturated rings. The number of hydrogen-bond donors (Lipinski definition) is 1. The Morgan fingerprint density at radius 2 is 1.88 bits per heavy atom. The van der Waals surface area contributed by atoms with Crippen molar-refractivity contribution in [3.63, 3.8) is 0 Å². The van der Waals surface area contributed by atoms with Gasteiger partial charge in [0.1, 0.15) is 17.6 Å². The molecule has 0 aliphatic heterocycles. The van der Waals surface area contributed by atoms with Crippen molar-refractivity contribution in [2.75, 3.05) is 5.32 Å². The Bertz CT molecular complexity index is 853. The van der Waals surface area contributed by atoms with Crippen molar-refractivity contribution < 1.29 is 14.3 Å². The number of pyridine rings is 1. The van der Waals surface area contributed by atoms with Crippen LogP contribution in [0.25, 0.3) is 0 Å². The van der Waals surface area contributed by atoms with E-state index in [0.717, 1.165) is 0 Å². The van der Waals surface area contributed by atoms with Crippen LogP contribution in [-0.4, -0.2) is 22.8 Å². The van der Waals surface area contributed by atoms with Gasteiger partial charge in [0.2, 0.25) is 0 Å². The lowest BCUT2D eigenvalue weighted by Crippen LogP contribution is -2.37. The van der Waals surface area contributed by atoms with E-state index in [1.54, 1.807) is 42.5 Å². The van der Waals surface area contributed by atoms with Crippen LogP contribution >= 0.6 is 0 Å². The number of nitrogens with one attached hydrogen (secondary N) is 1. The Hall–Kier alpha value is -3.71. The molecule has 0 saturated carbocycles. The molecule has 0 radical (unpaired) electrons. The number of carbonyl (C=O) groups excluding carboxylic acids is 2. The molecule has 0 aliphatic rings. The molecule has 2 atom stereocenters. The molecule has 2 rings (SSSR count). The van der Waals surface area contributed by atoms with Crippen molar-refractivity contribution >= 4 is 17.5 Å². The van der Waals surface area contributed by atoms with Crippen LogP contribution < -0.4 is 10.1 Å². The van der Waals surface area contributed by atoms with E-state index >= 15 is 0 Å². The molecule has 0 saturated heterocycles. The number of hydrogen-bond acceptors (Lipinski definition) is 6. The molecule has 1 N–H and O–H groups in total. The standard InChI is InChI=1S/C18H14N4O3/c1-12(25-15-7-3-2-6-13(15)10-19)17(23)14(11-20)18(24)22-16-8-4-5-9-21-16/h2-9,12,14H,1H3,(H,21,22,24)/t12-,14+/m0/s1. The van der Waals surface area contributed by atoms with Crippen molar-refractivity contribution in [3.05, 3.63) is 54.2 Å². The highest BCUT2D eigenvalue weighted by Gasteiger charge is 2.32. The lowest BCUT2D eigenvalue weighted by molar-refractivity contribution is -0.133. The summed E-state index contributed by atoms with van der Waals surface area (Å²) in [6.07, 6.45) is 0.400. The number of nitriles is 2. The van der Waals surface area contributed by atoms with Crippen molar-refractivity contribution in [3.8, 4) is 17.9 Å². The minimum atomic E-state index is -1.55. The maximum atomic E-state index is 12.4. The molecule has 0 bridgehead atoms. The maximum Gasteiger partial charge on any atom is 0.250 e. The summed E-state index contributed by atoms with van der Waals surface area (Å²) >= 11 is 0. The summed E-state index contributed by atoms with van der Waals surface area (Å²) in [7, 11) is 0. The van der Waals surface area contributed by atoms with Crippen LogP contribution in [0.5, 0.6) is 5.75 Å². The lowest BCUT2D eigenvalue weighted by Gasteiger charge is -2.17. The van der Waals surface area contributed by atoms with Gasteiger partial charge in [0.05, 0.1) is 11.6 Å². The van der Waals surface area contributed by atoms with Gasteiger partial charge in [-0.1, -0.05) is 18.2 Å². The molecule has 7 heteroatoms. The second-order valence-corrected chi connectivity index (χ2v) is 5.04. The molecule has 1 aromatic carbocycles. The van der Waals surface area contributed by atoms with E-state index in [0.29, 0.717) is 0 Å². The smallest absolute Gasteiger partial charge is 0.250 e. The summed E-state index contributed by atoms with van der Waals surface area (Å²) in [6.45, 7) is 1.43. The number of nitrogens with zero attached hydrogens (tertiary/aromatic N) is 3. The average molecular weight is 334 g/mol. The summed E-state index contributed by atoms with van der Waals surface area (Å²) in [4.78, 5) is 28.5. The van der Waals surface area contributed by atoms with Crippen LogP contribution in [0.2, 0.25) is 0 Å². The van der Waals surface area contributed by atoms with Gasteiger partial charge in [-0.2, -0.15) is 10.5 Å². The van der Waals surface area contributed by atoms with Gasteiger partial charge in [0.25, 0.3) is 5.91 Å². The maximum absolute atomic E-state index is 12.4. The van der Waals surface area contributed by atoms with E-state index < -0.39 is 23.7 Å². The SMILES string of the molecule is C[C@H](Oc1ccccc1C#N)C(=O)[C@@H](C#N)C(=O)Nc1ccccn1. The van der Waals surface area contributed by atoms with Gasteiger partial charge >= 0.3 is 0 Å². The third-order valence-corrected chi connectivity index (χ3v) is 3.30. The fourth-order valence-electron chi connectivity index (χ4n) is 2.03. The average Bonchev–Trinajstić information content (AvgIpc) is 2.63. The number of ketones is 1. The van der Waals surface area contributed by atoms with Crippen molar-refractivity contribution in [1.29, 1.82) is 10.5 Å². The monoisotopic (exact) mass is 334 g/mol. The third kappa shape index (κ3) is 4.40. The molecule has 0 unspecified atom stereocenters. The summed E-state index contributed by atoms with van der Waals surface area (Å²) < 4.78 is 5.46. The summed E-state index contributed by atoms with van der Waals surface area (Å²) in [5, 5.41) is 20.7. The van der Waals surface area contributed by atoms with Crippen molar-refractivity contribution in [2.45, 2.75) is 13.0 Å². The minimum absolute atomic E-state index is 0.215. The van der Waals surface area contributed by atoms with E-state index in [4.69, 9.17) is 10.00 Å². The summed E-state index contributed by atoms with van der Waals surface area (Å²) in [5.41, 5.74) is 0.258. The van der Waals surface area contributed by atoms with E-state index in [2.05, 4.69) is 10.3 Å². The molecule has 0 spiro atoms. The molecule has 1 aromatic heterocycles. The van der Waals surface area contributed by atoms with Crippen LogP contribution in [0.15, 0.2) is 48.7 Å². The van der Waals surface area contributed by atoms with E-state index in [9.17, 15) is 14.9 Å². The predicted octanol–water partition coefficient (Wildman–Crippen LogP) is 2.07. The molecular weight excluding hydrogens is 320 g/mol. The minimum Gasteiger partial charge on any atom is -0.482 e. The molecule has 2 aromatic rings. The first-order valence-corrected chi connectivity index (χ1v) is 7.38. The van der Waals surface area contributed by atoms with Gasteiger partial charge in [-0.3, -0.25) is 9.59 Å². The second-order valence-electron chi connectivity index (χ2n) is 5.04. The van der Waals surface area contributed by atoms with E-state index in [1.165, 1.54) is 19.2 Å². The van der Waals surface area contributed by atoms with Gasteiger partial charge in [-0.25, -0.2) is 4.98 Å². The molecular formula is C18H14N4O3. The van der Waals surface area contributed by atoms with Gasteiger partial charge in [0, 0.05) is 6.20 Å². The Morgan fingerprint density at radius 3 is 2.52 bits per heavy atom. The number of aromatic nitrogens is 1. The van der Waals surface area contributed by atoms with Crippen LogP contribution in [0.1, 0.15) is 12.5 Å². The van der Waals surface area contributed by atoms with E-state index in [-0.39, 0.29) is 17.1 Å². The van der Waals surface area contributed by atoms with Gasteiger partial charge in [-0.15, -0.1) is 0 Å². The van der Waals surface area contributed by atoms with Crippen LogP contribution in [0, 0.1) is 28.6 Å². The Kier molecular flexibility index (Phi) is 5.81. The quantitative estimate of drug-likeness (QED) is 0.808. The van der Waals surface area contributed by atoms with Gasteiger partial charge in [-0.05, 0) is 31.2 Å². The molecule has 25 heavy (non-hydrogen) atoms. The zero-order valence-electron chi connectivity index (χ0n) is 13.3. The Balaban J connectivity index is 2.09.